The molecule has 0 bridgehead atoms. The molecule has 4 rings (SSSR count). The monoisotopic (exact) mass is 429 g/mol. The zero-order valence-corrected chi connectivity index (χ0v) is 18.6. The Hall–Kier alpha value is -3.41. The van der Waals surface area contributed by atoms with Crippen LogP contribution in [0.4, 0.5) is 17.5 Å². The van der Waals surface area contributed by atoms with Crippen LogP contribution < -0.4 is 15.5 Å². The topological polar surface area (TPSA) is 70.2 Å². The smallest absolute Gasteiger partial charge is 0.227 e. The second-order valence-corrected chi connectivity index (χ2v) is 8.37. The van der Waals surface area contributed by atoms with Crippen LogP contribution in [0.5, 0.6) is 0 Å². The van der Waals surface area contributed by atoms with E-state index in [0.29, 0.717) is 5.95 Å². The number of nitrogens with one attached hydrogen (secondary N) is 2. The summed E-state index contributed by atoms with van der Waals surface area (Å²) >= 11 is 0. The Labute approximate surface area is 190 Å². The molecule has 0 unspecified atom stereocenters. The molecular weight excluding hydrogens is 398 g/mol. The molecule has 0 spiro atoms. The molecule has 0 atom stereocenters. The number of rotatable bonds is 8. The molecule has 6 nitrogen and oxygen atoms in total. The molecule has 6 heteroatoms. The number of carbonyl (C=O) groups is 1. The molecule has 1 aliphatic heterocycles. The number of carbonyl (C=O) groups excluding carboxylic acids is 1. The standard InChI is InChI=1S/C26H31N5O/c1-20-9-11-23(12-10-20)29-24-13-17-28-26(30-24)31-18-14-22(15-19-31)25(32)27-16-5-8-21-6-3-2-4-7-21/h2-4,6-7,9-13,17,22H,5,8,14-16,18-19H2,1H3,(H,27,32)(H,28,29,30). The molecular formula is C26H31N5O. The highest BCUT2D eigenvalue weighted by atomic mass is 16.1. The third-order valence-electron chi connectivity index (χ3n) is 5.90. The van der Waals surface area contributed by atoms with Crippen molar-refractivity contribution in [3.05, 3.63) is 78.0 Å². The molecule has 1 aliphatic rings. The maximum atomic E-state index is 12.6. The van der Waals surface area contributed by atoms with Crippen molar-refractivity contribution in [2.45, 2.75) is 32.6 Å². The van der Waals surface area contributed by atoms with Crippen LogP contribution >= 0.6 is 0 Å². The lowest BCUT2D eigenvalue weighted by atomic mass is 9.96. The van der Waals surface area contributed by atoms with E-state index in [2.05, 4.69) is 68.8 Å². The van der Waals surface area contributed by atoms with Gasteiger partial charge in [0, 0.05) is 37.4 Å². The summed E-state index contributed by atoms with van der Waals surface area (Å²) in [5, 5.41) is 6.46. The molecule has 1 amide bonds. The van der Waals surface area contributed by atoms with E-state index in [-0.39, 0.29) is 11.8 Å². The number of hydrogen-bond donors (Lipinski definition) is 2. The van der Waals surface area contributed by atoms with Gasteiger partial charge >= 0.3 is 0 Å². The normalized spacial score (nSPS) is 14.2. The number of aromatic nitrogens is 2. The van der Waals surface area contributed by atoms with Gasteiger partial charge in [-0.3, -0.25) is 4.79 Å². The SMILES string of the molecule is Cc1ccc(Nc2ccnc(N3CCC(C(=O)NCCCc4ccccc4)CC3)n2)cc1. The lowest BCUT2D eigenvalue weighted by molar-refractivity contribution is -0.125. The number of anilines is 3. The molecule has 1 fully saturated rings. The number of benzene rings is 2. The van der Waals surface area contributed by atoms with E-state index >= 15 is 0 Å². The molecule has 1 aromatic heterocycles. The van der Waals surface area contributed by atoms with Crippen molar-refractivity contribution in [1.29, 1.82) is 0 Å². The highest BCUT2D eigenvalue weighted by Gasteiger charge is 2.26. The van der Waals surface area contributed by atoms with Gasteiger partial charge in [0.2, 0.25) is 11.9 Å². The summed E-state index contributed by atoms with van der Waals surface area (Å²) in [5.74, 6) is 1.73. The fraction of sp³-hybridized carbons (Fsp3) is 0.346. The first-order chi connectivity index (χ1) is 15.7. The molecule has 2 N–H and O–H groups in total. The number of amides is 1. The van der Waals surface area contributed by atoms with Crippen molar-refractivity contribution < 1.29 is 4.79 Å². The summed E-state index contributed by atoms with van der Waals surface area (Å²) in [4.78, 5) is 23.9. The highest BCUT2D eigenvalue weighted by Crippen LogP contribution is 2.23. The molecule has 2 heterocycles. The van der Waals surface area contributed by atoms with Gasteiger partial charge in [-0.05, 0) is 56.4 Å². The van der Waals surface area contributed by atoms with Crippen LogP contribution in [-0.4, -0.2) is 35.5 Å². The lowest BCUT2D eigenvalue weighted by Gasteiger charge is -2.31. The third-order valence-corrected chi connectivity index (χ3v) is 5.90. The van der Waals surface area contributed by atoms with Crippen LogP contribution in [0.15, 0.2) is 66.9 Å². The molecule has 32 heavy (non-hydrogen) atoms. The summed E-state index contributed by atoms with van der Waals surface area (Å²) in [5.41, 5.74) is 3.54. The first-order valence-electron chi connectivity index (χ1n) is 11.4. The van der Waals surface area contributed by atoms with Crippen LogP contribution in [0, 0.1) is 12.8 Å². The first-order valence-corrected chi connectivity index (χ1v) is 11.4. The molecule has 2 aromatic carbocycles. The zero-order valence-electron chi connectivity index (χ0n) is 18.6. The van der Waals surface area contributed by atoms with Crippen molar-refractivity contribution in [3.63, 3.8) is 0 Å². The van der Waals surface area contributed by atoms with Gasteiger partial charge in [0.15, 0.2) is 0 Å². The second kappa shape index (κ2) is 10.8. The largest absolute Gasteiger partial charge is 0.356 e. The van der Waals surface area contributed by atoms with Crippen molar-refractivity contribution in [2.24, 2.45) is 5.92 Å². The maximum absolute atomic E-state index is 12.6. The first kappa shape index (κ1) is 21.8. The van der Waals surface area contributed by atoms with Gasteiger partial charge in [0.25, 0.3) is 0 Å². The highest BCUT2D eigenvalue weighted by molar-refractivity contribution is 5.78. The maximum Gasteiger partial charge on any atom is 0.227 e. The van der Waals surface area contributed by atoms with Gasteiger partial charge in [-0.25, -0.2) is 4.98 Å². The summed E-state index contributed by atoms with van der Waals surface area (Å²) in [6.45, 7) is 4.37. The number of hydrogen-bond acceptors (Lipinski definition) is 5. The van der Waals surface area contributed by atoms with Crippen molar-refractivity contribution in [1.82, 2.24) is 15.3 Å². The molecule has 0 radical (unpaired) electrons. The Morgan fingerprint density at radius 3 is 2.53 bits per heavy atom. The quantitative estimate of drug-likeness (QED) is 0.516. The van der Waals surface area contributed by atoms with E-state index in [1.165, 1.54) is 11.1 Å². The van der Waals surface area contributed by atoms with Gasteiger partial charge in [-0.15, -0.1) is 0 Å². The van der Waals surface area contributed by atoms with Crippen LogP contribution in [0.25, 0.3) is 0 Å². The fourth-order valence-electron chi connectivity index (χ4n) is 3.99. The minimum Gasteiger partial charge on any atom is -0.356 e. The van der Waals surface area contributed by atoms with Gasteiger partial charge in [-0.1, -0.05) is 48.0 Å². The minimum absolute atomic E-state index is 0.0665. The Morgan fingerprint density at radius 2 is 1.78 bits per heavy atom. The van der Waals surface area contributed by atoms with Crippen LogP contribution in [0.3, 0.4) is 0 Å². The minimum atomic E-state index is 0.0665. The number of piperidine rings is 1. The summed E-state index contributed by atoms with van der Waals surface area (Å²) in [6, 6.07) is 20.5. The van der Waals surface area contributed by atoms with Crippen molar-refractivity contribution in [2.75, 3.05) is 29.9 Å². The predicted octanol–water partition coefficient (Wildman–Crippen LogP) is 4.49. The van der Waals surface area contributed by atoms with E-state index in [9.17, 15) is 4.79 Å². The summed E-state index contributed by atoms with van der Waals surface area (Å²) in [6.07, 6.45) is 5.38. The van der Waals surface area contributed by atoms with Gasteiger partial charge in [0.1, 0.15) is 5.82 Å². The lowest BCUT2D eigenvalue weighted by Crippen LogP contribution is -2.41. The second-order valence-electron chi connectivity index (χ2n) is 8.37. The average Bonchev–Trinajstić information content (AvgIpc) is 2.84. The van der Waals surface area contributed by atoms with Crippen LogP contribution in [0.1, 0.15) is 30.4 Å². The van der Waals surface area contributed by atoms with Gasteiger partial charge in [0.05, 0.1) is 0 Å². The van der Waals surface area contributed by atoms with E-state index in [4.69, 9.17) is 0 Å². The number of nitrogens with zero attached hydrogens (tertiary/aromatic N) is 3. The Kier molecular flexibility index (Phi) is 7.33. The molecule has 0 aliphatic carbocycles. The van der Waals surface area contributed by atoms with Crippen LogP contribution in [0.2, 0.25) is 0 Å². The molecule has 1 saturated heterocycles. The van der Waals surface area contributed by atoms with E-state index in [0.717, 1.165) is 56.8 Å². The average molecular weight is 430 g/mol. The van der Waals surface area contributed by atoms with Crippen molar-refractivity contribution >= 4 is 23.4 Å². The molecule has 0 saturated carbocycles. The summed E-state index contributed by atoms with van der Waals surface area (Å²) < 4.78 is 0. The summed E-state index contributed by atoms with van der Waals surface area (Å²) in [7, 11) is 0. The van der Waals surface area contributed by atoms with E-state index in [1.54, 1.807) is 6.20 Å². The zero-order chi connectivity index (χ0) is 22.2. The predicted molar refractivity (Wildman–Crippen MR) is 129 cm³/mol. The molecule has 166 valence electrons. The Bertz CT molecular complexity index is 998. The fourth-order valence-corrected chi connectivity index (χ4v) is 3.99. The van der Waals surface area contributed by atoms with Crippen molar-refractivity contribution in [3.8, 4) is 0 Å². The third kappa shape index (κ3) is 6.06. The number of aryl methyl sites for hydroxylation is 2. The Morgan fingerprint density at radius 1 is 1.03 bits per heavy atom. The van der Waals surface area contributed by atoms with Gasteiger partial charge in [-0.2, -0.15) is 4.98 Å². The molecule has 3 aromatic rings. The van der Waals surface area contributed by atoms with E-state index in [1.807, 2.05) is 24.3 Å². The van der Waals surface area contributed by atoms with E-state index < -0.39 is 0 Å². The van der Waals surface area contributed by atoms with Crippen LogP contribution in [-0.2, 0) is 11.2 Å². The van der Waals surface area contributed by atoms with Gasteiger partial charge < -0.3 is 15.5 Å². The Balaban J connectivity index is 1.22.